The lowest BCUT2D eigenvalue weighted by molar-refractivity contribution is 0.119. The van der Waals surface area contributed by atoms with Crippen molar-refractivity contribution >= 4 is 11.0 Å². The van der Waals surface area contributed by atoms with Gasteiger partial charge in [-0.25, -0.2) is 0 Å². The van der Waals surface area contributed by atoms with Crippen LogP contribution in [0.5, 0.6) is 0 Å². The van der Waals surface area contributed by atoms with Crippen LogP contribution in [0.15, 0.2) is 34.7 Å². The molecule has 0 saturated carbocycles. The van der Waals surface area contributed by atoms with Gasteiger partial charge in [0, 0.05) is 12.0 Å². The summed E-state index contributed by atoms with van der Waals surface area (Å²) in [6.45, 7) is 3.34. The first-order valence-electron chi connectivity index (χ1n) is 5.58. The van der Waals surface area contributed by atoms with Gasteiger partial charge in [0.05, 0.1) is 12.6 Å². The highest BCUT2D eigenvalue weighted by Crippen LogP contribution is 2.23. The molecule has 1 aromatic heterocycles. The van der Waals surface area contributed by atoms with Gasteiger partial charge in [0.15, 0.2) is 0 Å². The van der Waals surface area contributed by atoms with Crippen LogP contribution in [-0.4, -0.2) is 20.3 Å². The predicted octanol–water partition coefficient (Wildman–Crippen LogP) is 2.73. The molecule has 1 heterocycles. The van der Waals surface area contributed by atoms with Crippen molar-refractivity contribution in [1.82, 2.24) is 5.32 Å². The van der Waals surface area contributed by atoms with Crippen LogP contribution in [0.3, 0.4) is 0 Å². The fourth-order valence-corrected chi connectivity index (χ4v) is 1.72. The van der Waals surface area contributed by atoms with Crippen molar-refractivity contribution in [2.24, 2.45) is 0 Å². The van der Waals surface area contributed by atoms with Crippen molar-refractivity contribution in [2.45, 2.75) is 13.0 Å². The predicted molar refractivity (Wildman–Crippen MR) is 64.5 cm³/mol. The summed E-state index contributed by atoms with van der Waals surface area (Å²) in [5.41, 5.74) is 0.925. The molecule has 0 radical (unpaired) electrons. The smallest absolute Gasteiger partial charge is 0.134 e. The van der Waals surface area contributed by atoms with Gasteiger partial charge in [-0.15, -0.1) is 0 Å². The molecular weight excluding hydrogens is 202 g/mol. The number of hydrogen-bond acceptors (Lipinski definition) is 3. The number of nitrogens with one attached hydrogen (secondary N) is 1. The lowest BCUT2D eigenvalue weighted by Crippen LogP contribution is -2.21. The molecule has 2 rings (SSSR count). The molecule has 3 nitrogen and oxygen atoms in total. The maximum atomic E-state index is 5.78. The zero-order chi connectivity index (χ0) is 11.4. The number of para-hydroxylation sites is 1. The average molecular weight is 219 g/mol. The first-order chi connectivity index (χ1) is 7.85. The summed E-state index contributed by atoms with van der Waals surface area (Å²) in [5, 5.41) is 4.33. The molecule has 0 fully saturated rings. The Morgan fingerprint density at radius 3 is 2.88 bits per heavy atom. The van der Waals surface area contributed by atoms with Crippen molar-refractivity contribution in [3.05, 3.63) is 36.1 Å². The van der Waals surface area contributed by atoms with Gasteiger partial charge in [-0.3, -0.25) is 0 Å². The Hall–Kier alpha value is -1.32. The molecule has 1 N–H and O–H groups in total. The Morgan fingerprint density at radius 1 is 1.38 bits per heavy atom. The van der Waals surface area contributed by atoms with E-state index in [9.17, 15) is 0 Å². The number of fused-ring (bicyclic) bond motifs is 1. The molecule has 0 aliphatic heterocycles. The van der Waals surface area contributed by atoms with Gasteiger partial charge in [0.25, 0.3) is 0 Å². The molecule has 0 bridgehead atoms. The van der Waals surface area contributed by atoms with E-state index in [1.165, 1.54) is 0 Å². The Bertz CT molecular complexity index is 417. The van der Waals surface area contributed by atoms with Crippen LogP contribution in [0.1, 0.15) is 18.7 Å². The molecule has 0 aliphatic carbocycles. The van der Waals surface area contributed by atoms with E-state index < -0.39 is 0 Å². The molecule has 0 spiro atoms. The van der Waals surface area contributed by atoms with E-state index in [0.29, 0.717) is 6.61 Å². The summed E-state index contributed by atoms with van der Waals surface area (Å²) in [5.74, 6) is 0.928. The normalized spacial score (nSPS) is 13.1. The van der Waals surface area contributed by atoms with E-state index >= 15 is 0 Å². The summed E-state index contributed by atoms with van der Waals surface area (Å²) < 4.78 is 11.2. The zero-order valence-corrected chi connectivity index (χ0v) is 9.69. The molecule has 1 unspecified atom stereocenters. The van der Waals surface area contributed by atoms with Crippen LogP contribution in [-0.2, 0) is 4.74 Å². The van der Waals surface area contributed by atoms with Crippen molar-refractivity contribution in [1.29, 1.82) is 0 Å². The van der Waals surface area contributed by atoms with Crippen molar-refractivity contribution in [3.63, 3.8) is 0 Å². The average Bonchev–Trinajstić information content (AvgIpc) is 2.73. The number of furan rings is 1. The van der Waals surface area contributed by atoms with Crippen LogP contribution in [0.25, 0.3) is 11.0 Å². The number of benzene rings is 1. The van der Waals surface area contributed by atoms with E-state index in [4.69, 9.17) is 9.15 Å². The first-order valence-corrected chi connectivity index (χ1v) is 5.58. The first kappa shape index (κ1) is 11.2. The van der Waals surface area contributed by atoms with E-state index in [0.717, 1.165) is 23.3 Å². The molecular formula is C13H17NO2. The van der Waals surface area contributed by atoms with Crippen LogP contribution in [0.4, 0.5) is 0 Å². The molecule has 1 aromatic carbocycles. The zero-order valence-electron chi connectivity index (χ0n) is 9.69. The van der Waals surface area contributed by atoms with Gasteiger partial charge in [-0.05, 0) is 26.1 Å². The SMILES string of the molecule is CCOCC(NC)c1cc2ccccc2o1. The fourth-order valence-electron chi connectivity index (χ4n) is 1.72. The highest BCUT2D eigenvalue weighted by atomic mass is 16.5. The quantitative estimate of drug-likeness (QED) is 0.839. The van der Waals surface area contributed by atoms with Crippen molar-refractivity contribution in [3.8, 4) is 0 Å². The summed E-state index contributed by atoms with van der Waals surface area (Å²) in [6.07, 6.45) is 0. The Balaban J connectivity index is 2.23. The third-order valence-electron chi connectivity index (χ3n) is 2.63. The number of likely N-dealkylation sites (N-methyl/N-ethyl adjacent to an activating group) is 1. The second kappa shape index (κ2) is 5.14. The van der Waals surface area contributed by atoms with Gasteiger partial charge in [-0.1, -0.05) is 18.2 Å². The molecule has 0 amide bonds. The molecule has 86 valence electrons. The Kier molecular flexibility index (Phi) is 3.59. The number of hydrogen-bond donors (Lipinski definition) is 1. The van der Waals surface area contributed by atoms with Gasteiger partial charge in [0.2, 0.25) is 0 Å². The largest absolute Gasteiger partial charge is 0.459 e. The van der Waals surface area contributed by atoms with Crippen LogP contribution < -0.4 is 5.32 Å². The van der Waals surface area contributed by atoms with Crippen molar-refractivity contribution < 1.29 is 9.15 Å². The monoisotopic (exact) mass is 219 g/mol. The summed E-state index contributed by atoms with van der Waals surface area (Å²) >= 11 is 0. The highest BCUT2D eigenvalue weighted by Gasteiger charge is 2.14. The van der Waals surface area contributed by atoms with Crippen LogP contribution >= 0.6 is 0 Å². The minimum absolute atomic E-state index is 0.118. The number of rotatable bonds is 5. The molecule has 2 aromatic rings. The lowest BCUT2D eigenvalue weighted by atomic mass is 10.2. The third kappa shape index (κ3) is 2.26. The minimum atomic E-state index is 0.118. The molecule has 1 atom stereocenters. The van der Waals surface area contributed by atoms with Crippen LogP contribution in [0.2, 0.25) is 0 Å². The maximum absolute atomic E-state index is 5.78. The standard InChI is InChI=1S/C13H17NO2/c1-3-15-9-11(14-2)13-8-10-6-4-5-7-12(10)16-13/h4-8,11,14H,3,9H2,1-2H3. The lowest BCUT2D eigenvalue weighted by Gasteiger charge is -2.12. The van der Waals surface area contributed by atoms with Gasteiger partial charge < -0.3 is 14.5 Å². The Labute approximate surface area is 95.4 Å². The second-order valence-electron chi connectivity index (χ2n) is 3.69. The number of ether oxygens (including phenoxy) is 1. The van der Waals surface area contributed by atoms with E-state index in [1.807, 2.05) is 32.2 Å². The second-order valence-corrected chi connectivity index (χ2v) is 3.69. The molecule has 16 heavy (non-hydrogen) atoms. The van der Waals surface area contributed by atoms with Gasteiger partial charge in [0.1, 0.15) is 11.3 Å². The van der Waals surface area contributed by atoms with E-state index in [2.05, 4.69) is 17.4 Å². The minimum Gasteiger partial charge on any atom is -0.459 e. The van der Waals surface area contributed by atoms with Gasteiger partial charge >= 0.3 is 0 Å². The third-order valence-corrected chi connectivity index (χ3v) is 2.63. The summed E-state index contributed by atoms with van der Waals surface area (Å²) in [4.78, 5) is 0. The summed E-state index contributed by atoms with van der Waals surface area (Å²) in [7, 11) is 1.91. The fraction of sp³-hybridized carbons (Fsp3) is 0.385. The molecule has 3 heteroatoms. The van der Waals surface area contributed by atoms with E-state index in [1.54, 1.807) is 0 Å². The maximum Gasteiger partial charge on any atom is 0.134 e. The topological polar surface area (TPSA) is 34.4 Å². The van der Waals surface area contributed by atoms with Crippen molar-refractivity contribution in [2.75, 3.05) is 20.3 Å². The molecule has 0 aliphatic rings. The highest BCUT2D eigenvalue weighted by molar-refractivity contribution is 5.77. The Morgan fingerprint density at radius 2 is 2.19 bits per heavy atom. The van der Waals surface area contributed by atoms with Gasteiger partial charge in [-0.2, -0.15) is 0 Å². The summed E-state index contributed by atoms with van der Waals surface area (Å²) in [6, 6.07) is 10.2. The van der Waals surface area contributed by atoms with Crippen LogP contribution in [0, 0.1) is 0 Å². The molecule has 0 saturated heterocycles. The van der Waals surface area contributed by atoms with E-state index in [-0.39, 0.29) is 6.04 Å².